The number of unbranched alkanes of at least 4 members (excludes halogenated alkanes) is 1. The molecule has 0 radical (unpaired) electrons. The Morgan fingerprint density at radius 3 is 2.18 bits per heavy atom. The summed E-state index contributed by atoms with van der Waals surface area (Å²) in [6, 6.07) is 9.44. The fourth-order valence-electron chi connectivity index (χ4n) is 10.8. The number of aryl methyl sites for hydroxylation is 1. The van der Waals surface area contributed by atoms with Crippen LogP contribution in [0.3, 0.4) is 0 Å². The molecular weight excluding hydrogens is 921 g/mol. The molecule has 0 amide bonds. The van der Waals surface area contributed by atoms with Gasteiger partial charge in [-0.3, -0.25) is 28.9 Å². The number of benzene rings is 1. The van der Waals surface area contributed by atoms with Crippen LogP contribution in [0.15, 0.2) is 30.3 Å². The van der Waals surface area contributed by atoms with Crippen LogP contribution in [-0.4, -0.2) is 171 Å². The number of hydrogen-bond donors (Lipinski definition) is 1. The van der Waals surface area contributed by atoms with Gasteiger partial charge >= 0.3 is 29.8 Å². The molecule has 3 aliphatic rings. The van der Waals surface area contributed by atoms with Crippen LogP contribution in [-0.2, 0) is 77.8 Å². The molecule has 18 nitrogen and oxygen atoms in total. The van der Waals surface area contributed by atoms with Gasteiger partial charge in [0, 0.05) is 65.6 Å². The molecule has 4 rings (SSSR count). The fraction of sp³-hybridized carbons (Fsp3) is 0.774. The highest BCUT2D eigenvalue weighted by Crippen LogP contribution is 2.43. The zero-order chi connectivity index (χ0) is 52.6. The van der Waals surface area contributed by atoms with Gasteiger partial charge in [0.15, 0.2) is 18.0 Å². The third-order valence-electron chi connectivity index (χ3n) is 14.2. The Kier molecular flexibility index (Phi) is 23.8. The summed E-state index contributed by atoms with van der Waals surface area (Å²) in [7, 11) is 4.98. The lowest BCUT2D eigenvalue weighted by Crippen LogP contribution is -2.67. The van der Waals surface area contributed by atoms with Crippen LogP contribution in [0, 0.1) is 17.8 Å². The number of nitrogens with zero attached hydrogens (tertiary/aromatic N) is 2. The van der Waals surface area contributed by atoms with Gasteiger partial charge in [-0.25, -0.2) is 0 Å². The molecule has 402 valence electrons. The molecule has 18 heteroatoms. The average molecular weight is 1010 g/mol. The molecule has 0 spiro atoms. The second kappa shape index (κ2) is 28.4. The second-order valence-electron chi connectivity index (χ2n) is 20.2. The van der Waals surface area contributed by atoms with E-state index >= 15 is 0 Å². The first kappa shape index (κ1) is 59.5. The first-order valence-electron chi connectivity index (χ1n) is 25.6. The molecule has 1 aromatic rings. The number of ether oxygens (including phenoxy) is 9. The summed E-state index contributed by atoms with van der Waals surface area (Å²) in [5, 5.41) is 12.8. The minimum atomic E-state index is -1.37. The molecule has 0 bridgehead atoms. The Balaban J connectivity index is 1.77. The Morgan fingerprint density at radius 2 is 1.58 bits per heavy atom. The van der Waals surface area contributed by atoms with E-state index < -0.39 is 121 Å². The Morgan fingerprint density at radius 1 is 0.901 bits per heavy atom. The quantitative estimate of drug-likeness (QED) is 0.0845. The lowest BCUT2D eigenvalue weighted by Gasteiger charge is -2.53. The van der Waals surface area contributed by atoms with Crippen LogP contribution < -0.4 is 0 Å². The first-order valence-corrected chi connectivity index (χ1v) is 25.6. The summed E-state index contributed by atoms with van der Waals surface area (Å²) in [4.78, 5) is 82.0. The number of aliphatic hydroxyl groups is 1. The highest BCUT2D eigenvalue weighted by molar-refractivity contribution is 5.73. The number of carbonyl (C=O) groups excluding carboxylic acids is 6. The van der Waals surface area contributed by atoms with Gasteiger partial charge in [0.05, 0.1) is 36.9 Å². The van der Waals surface area contributed by atoms with Crippen molar-refractivity contribution >= 4 is 36.1 Å². The number of aldehydes is 1. The maximum absolute atomic E-state index is 14.0. The van der Waals surface area contributed by atoms with Gasteiger partial charge in [0.1, 0.15) is 36.8 Å². The molecule has 0 saturated carbocycles. The van der Waals surface area contributed by atoms with Gasteiger partial charge in [-0.1, -0.05) is 51.1 Å². The number of esters is 5. The Bertz CT molecular complexity index is 1850. The highest BCUT2D eigenvalue weighted by Gasteiger charge is 2.56. The topological polar surface area (TPSA) is 212 Å². The number of likely N-dealkylation sites (N-methyl/N-ethyl adjacent to an activating group) is 1. The van der Waals surface area contributed by atoms with E-state index in [0.717, 1.165) is 25.5 Å². The van der Waals surface area contributed by atoms with Gasteiger partial charge in [-0.05, 0) is 97.8 Å². The number of cyclic esters (lactones) is 1. The zero-order valence-electron chi connectivity index (χ0n) is 44.3. The van der Waals surface area contributed by atoms with E-state index in [9.17, 15) is 33.9 Å². The molecule has 3 fully saturated rings. The van der Waals surface area contributed by atoms with E-state index in [0.29, 0.717) is 26.1 Å². The molecule has 1 N–H and O–H groups in total. The standard InChI is InChI=1S/C53H84N2O16/c1-13-42(59)68-40-29-44(61)64-33(4)23-26-55(25-19-18-22-38-20-16-15-17-21-38)31-41(67-36(7)57)32(3)28-39(24-27-56)46(50(40)63-12)51-48(62)47(54(10)11)49(34(5)66-51)70-45-30-53(9,71-37(8)58)52(35(6)65-45)69-43(60)14-2/h15-17,20-21,27,32-35,39-41,45-52,62H,13-14,18-19,22-26,28-31H2,1-12H3/t32-,33-,34-,35+,39+,40-,41+,45+,46+,47-,48-,49-,50-,51+,52+,53-/m1/s1. The molecular formula is C53H84N2O16. The summed E-state index contributed by atoms with van der Waals surface area (Å²) >= 11 is 0. The first-order chi connectivity index (χ1) is 33.6. The maximum atomic E-state index is 14.0. The van der Waals surface area contributed by atoms with Gasteiger partial charge in [-0.15, -0.1) is 0 Å². The smallest absolute Gasteiger partial charge is 0.309 e. The minimum absolute atomic E-state index is 0.00937. The van der Waals surface area contributed by atoms with E-state index in [1.807, 2.05) is 32.0 Å². The van der Waals surface area contributed by atoms with Crippen molar-refractivity contribution in [3.63, 3.8) is 0 Å². The Labute approximate surface area is 421 Å². The van der Waals surface area contributed by atoms with Crippen molar-refractivity contribution in [3.05, 3.63) is 35.9 Å². The van der Waals surface area contributed by atoms with Crippen molar-refractivity contribution in [1.29, 1.82) is 0 Å². The van der Waals surface area contributed by atoms with Crippen LogP contribution in [0.5, 0.6) is 0 Å². The number of hydrogen-bond acceptors (Lipinski definition) is 18. The molecule has 3 aliphatic heterocycles. The molecule has 3 heterocycles. The normalized spacial score (nSPS) is 34.7. The van der Waals surface area contributed by atoms with Gasteiger partial charge in [-0.2, -0.15) is 0 Å². The van der Waals surface area contributed by atoms with E-state index in [1.165, 1.54) is 26.5 Å². The van der Waals surface area contributed by atoms with Gasteiger partial charge < -0.3 is 57.4 Å². The highest BCUT2D eigenvalue weighted by atomic mass is 16.7. The number of carbonyl (C=O) groups is 6. The molecule has 71 heavy (non-hydrogen) atoms. The maximum Gasteiger partial charge on any atom is 0.309 e. The SMILES string of the molecule is CCC(=O)O[C@@H]1CC(=O)O[C@H](C)CCN(CCCCc2ccccc2)C[C@H](OC(C)=O)[C@H](C)C[C@H](CC=O)[C@H]([C@@H]2O[C@H](C)[C@@H](O[C@H]3C[C@@](C)(OC(C)=O)[C@@H](OC(=O)CC)[C@H](C)O3)[C@H](N(C)C)[C@H]2O)[C@@H]1OC. The molecule has 0 aromatic heterocycles. The third kappa shape index (κ3) is 17.3. The lowest BCUT2D eigenvalue weighted by molar-refractivity contribution is -0.319. The lowest BCUT2D eigenvalue weighted by atomic mass is 9.71. The molecule has 0 unspecified atom stereocenters. The van der Waals surface area contributed by atoms with Crippen molar-refractivity contribution in [3.8, 4) is 0 Å². The summed E-state index contributed by atoms with van der Waals surface area (Å²) in [6.07, 6.45) is -6.57. The van der Waals surface area contributed by atoms with E-state index in [4.69, 9.17) is 42.6 Å². The average Bonchev–Trinajstić information content (AvgIpc) is 3.29. The molecule has 3 saturated heterocycles. The third-order valence-corrected chi connectivity index (χ3v) is 14.2. The largest absolute Gasteiger partial charge is 0.463 e. The van der Waals surface area contributed by atoms with Gasteiger partial charge in [0.25, 0.3) is 0 Å². The summed E-state index contributed by atoms with van der Waals surface area (Å²) in [5.41, 5.74) is -0.0943. The molecule has 0 aliphatic carbocycles. The summed E-state index contributed by atoms with van der Waals surface area (Å²) < 4.78 is 55.9. The molecule has 1 aromatic carbocycles. The number of methoxy groups -OCH3 is 1. The number of aliphatic hydroxyl groups excluding tert-OH is 1. The second-order valence-corrected chi connectivity index (χ2v) is 20.2. The molecule has 16 atom stereocenters. The zero-order valence-corrected chi connectivity index (χ0v) is 44.3. The van der Waals surface area contributed by atoms with Crippen LogP contribution in [0.4, 0.5) is 0 Å². The predicted octanol–water partition coefficient (Wildman–Crippen LogP) is 5.40. The van der Waals surface area contributed by atoms with Crippen LogP contribution in [0.2, 0.25) is 0 Å². The van der Waals surface area contributed by atoms with E-state index in [-0.39, 0.29) is 44.4 Å². The number of rotatable bonds is 18. The minimum Gasteiger partial charge on any atom is -0.463 e. The van der Waals surface area contributed by atoms with Crippen LogP contribution >= 0.6 is 0 Å². The predicted molar refractivity (Wildman–Crippen MR) is 261 cm³/mol. The van der Waals surface area contributed by atoms with E-state index in [1.54, 1.807) is 53.6 Å². The Hall–Kier alpha value is -4.04. The van der Waals surface area contributed by atoms with Crippen LogP contribution in [0.1, 0.15) is 126 Å². The van der Waals surface area contributed by atoms with Gasteiger partial charge in [0.2, 0.25) is 0 Å². The van der Waals surface area contributed by atoms with Crippen molar-refractivity contribution in [2.45, 2.75) is 205 Å². The van der Waals surface area contributed by atoms with Crippen molar-refractivity contribution in [1.82, 2.24) is 9.80 Å². The van der Waals surface area contributed by atoms with Crippen LogP contribution in [0.25, 0.3) is 0 Å². The van der Waals surface area contributed by atoms with Crippen molar-refractivity contribution in [2.24, 2.45) is 17.8 Å². The fourth-order valence-corrected chi connectivity index (χ4v) is 10.8. The monoisotopic (exact) mass is 1000 g/mol. The summed E-state index contributed by atoms with van der Waals surface area (Å²) in [5.74, 6) is -4.70. The van der Waals surface area contributed by atoms with Crippen molar-refractivity contribution in [2.75, 3.05) is 40.8 Å². The van der Waals surface area contributed by atoms with Crippen molar-refractivity contribution < 1.29 is 76.5 Å². The summed E-state index contributed by atoms with van der Waals surface area (Å²) in [6.45, 7) is 16.5. The van der Waals surface area contributed by atoms with E-state index in [2.05, 4.69) is 17.0 Å².